The van der Waals surface area contributed by atoms with Crippen LogP contribution in [-0.4, -0.2) is 33.9 Å². The fourth-order valence-corrected chi connectivity index (χ4v) is 4.51. The Kier molecular flexibility index (Phi) is 6.71. The molecule has 31 heavy (non-hydrogen) atoms. The van der Waals surface area contributed by atoms with E-state index < -0.39 is 28.4 Å². The number of nitrogens with zero attached hydrogens (tertiary/aromatic N) is 1. The van der Waals surface area contributed by atoms with E-state index in [0.29, 0.717) is 16.9 Å². The number of nitrogens with one attached hydrogen (secondary N) is 1. The number of hydrogen-bond donors (Lipinski definition) is 1. The third kappa shape index (κ3) is 5.10. The van der Waals surface area contributed by atoms with Gasteiger partial charge in [-0.15, -0.1) is 0 Å². The van der Waals surface area contributed by atoms with Crippen molar-refractivity contribution in [3.8, 4) is 0 Å². The van der Waals surface area contributed by atoms with Gasteiger partial charge in [0, 0.05) is 5.69 Å². The number of hydrogen-bond acceptors (Lipinski definition) is 5. The van der Waals surface area contributed by atoms with Crippen molar-refractivity contribution in [1.82, 2.24) is 0 Å². The van der Waals surface area contributed by atoms with Gasteiger partial charge in [0.2, 0.25) is 5.91 Å². The van der Waals surface area contributed by atoms with E-state index in [-0.39, 0.29) is 4.90 Å². The van der Waals surface area contributed by atoms with E-state index >= 15 is 0 Å². The predicted octanol–water partition coefficient (Wildman–Crippen LogP) is 3.62. The molecule has 7 nitrogen and oxygen atoms in total. The molecule has 0 atom stereocenters. The summed E-state index contributed by atoms with van der Waals surface area (Å²) >= 11 is 0. The van der Waals surface area contributed by atoms with Gasteiger partial charge in [-0.2, -0.15) is 0 Å². The number of sulfonamides is 1. The Labute approximate surface area is 181 Å². The van der Waals surface area contributed by atoms with E-state index in [1.807, 2.05) is 0 Å². The number of carbonyl (C=O) groups excluding carboxylic acids is 2. The molecule has 3 aromatic rings. The molecule has 160 valence electrons. The maximum absolute atomic E-state index is 13.3. The normalized spacial score (nSPS) is 10.9. The summed E-state index contributed by atoms with van der Waals surface area (Å²) in [7, 11) is -2.69. The first kappa shape index (κ1) is 22.0. The molecule has 1 N–H and O–H groups in total. The molecule has 3 aromatic carbocycles. The van der Waals surface area contributed by atoms with Gasteiger partial charge in [-0.1, -0.05) is 36.4 Å². The highest BCUT2D eigenvalue weighted by molar-refractivity contribution is 7.92. The van der Waals surface area contributed by atoms with Gasteiger partial charge in [-0.25, -0.2) is 13.2 Å². The second kappa shape index (κ2) is 9.44. The molecule has 0 spiro atoms. The summed E-state index contributed by atoms with van der Waals surface area (Å²) in [6.45, 7) is 1.37. The molecule has 0 aliphatic carbocycles. The van der Waals surface area contributed by atoms with E-state index in [1.165, 1.54) is 31.4 Å². The van der Waals surface area contributed by atoms with Crippen molar-refractivity contribution >= 4 is 33.3 Å². The molecular formula is C23H22N2O5S. The molecule has 0 fully saturated rings. The summed E-state index contributed by atoms with van der Waals surface area (Å²) in [5.41, 5.74) is 1.91. The average Bonchev–Trinajstić information content (AvgIpc) is 2.78. The molecule has 0 saturated carbocycles. The Morgan fingerprint density at radius 2 is 1.52 bits per heavy atom. The van der Waals surface area contributed by atoms with Gasteiger partial charge in [0.15, 0.2) is 0 Å². The smallest absolute Gasteiger partial charge is 0.337 e. The quantitative estimate of drug-likeness (QED) is 0.569. The maximum Gasteiger partial charge on any atom is 0.337 e. The lowest BCUT2D eigenvalue weighted by molar-refractivity contribution is -0.114. The molecule has 0 bridgehead atoms. The van der Waals surface area contributed by atoms with Crippen molar-refractivity contribution < 1.29 is 22.7 Å². The molecule has 1 amide bonds. The molecule has 0 heterocycles. The highest BCUT2D eigenvalue weighted by atomic mass is 32.2. The molecule has 8 heteroatoms. The number of para-hydroxylation sites is 1. The van der Waals surface area contributed by atoms with Crippen LogP contribution in [0.3, 0.4) is 0 Å². The Morgan fingerprint density at radius 3 is 2.13 bits per heavy atom. The number of rotatable bonds is 7. The molecule has 0 aliphatic heterocycles. The number of anilines is 2. The Bertz CT molecular complexity index is 1180. The summed E-state index contributed by atoms with van der Waals surface area (Å²) in [4.78, 5) is 24.4. The van der Waals surface area contributed by atoms with Crippen LogP contribution in [-0.2, 0) is 19.6 Å². The SMILES string of the molecule is COC(=O)c1ccc(NC(=O)CN(c2ccccc2C)S(=O)(=O)c2ccccc2)cc1. The summed E-state index contributed by atoms with van der Waals surface area (Å²) in [5.74, 6) is -1.01. The van der Waals surface area contributed by atoms with E-state index in [2.05, 4.69) is 10.1 Å². The third-order valence-electron chi connectivity index (χ3n) is 4.59. The van der Waals surface area contributed by atoms with Gasteiger partial charge in [-0.05, 0) is 55.0 Å². The van der Waals surface area contributed by atoms with Gasteiger partial charge >= 0.3 is 5.97 Å². The van der Waals surface area contributed by atoms with Crippen molar-refractivity contribution in [3.05, 3.63) is 90.0 Å². The fraction of sp³-hybridized carbons (Fsp3) is 0.130. The van der Waals surface area contributed by atoms with Gasteiger partial charge in [0.05, 0.1) is 23.3 Å². The fourth-order valence-electron chi connectivity index (χ4n) is 3.00. The first-order chi connectivity index (χ1) is 14.8. The van der Waals surface area contributed by atoms with Crippen molar-refractivity contribution in [2.75, 3.05) is 23.3 Å². The zero-order valence-corrected chi connectivity index (χ0v) is 17.9. The van der Waals surface area contributed by atoms with Crippen molar-refractivity contribution in [2.24, 2.45) is 0 Å². The lowest BCUT2D eigenvalue weighted by Crippen LogP contribution is -2.38. The van der Waals surface area contributed by atoms with E-state index in [4.69, 9.17) is 0 Å². The highest BCUT2D eigenvalue weighted by Crippen LogP contribution is 2.26. The summed E-state index contributed by atoms with van der Waals surface area (Å²) in [6, 6.07) is 21.1. The van der Waals surface area contributed by atoms with Gasteiger partial charge < -0.3 is 10.1 Å². The minimum atomic E-state index is -3.97. The average molecular weight is 439 g/mol. The second-order valence-corrected chi connectivity index (χ2v) is 8.59. The molecule has 0 aromatic heterocycles. The van der Waals surface area contributed by atoms with Gasteiger partial charge in [-0.3, -0.25) is 9.10 Å². The summed E-state index contributed by atoms with van der Waals surface area (Å²) < 4.78 is 32.4. The van der Waals surface area contributed by atoms with Crippen molar-refractivity contribution in [3.63, 3.8) is 0 Å². The zero-order valence-electron chi connectivity index (χ0n) is 17.1. The Balaban J connectivity index is 1.88. The third-order valence-corrected chi connectivity index (χ3v) is 6.37. The molecule has 3 rings (SSSR count). The highest BCUT2D eigenvalue weighted by Gasteiger charge is 2.28. The van der Waals surface area contributed by atoms with Gasteiger partial charge in [0.25, 0.3) is 10.0 Å². The number of aryl methyl sites for hydroxylation is 1. The number of amides is 1. The van der Waals surface area contributed by atoms with Crippen LogP contribution in [0.2, 0.25) is 0 Å². The van der Waals surface area contributed by atoms with Crippen LogP contribution in [0, 0.1) is 6.92 Å². The largest absolute Gasteiger partial charge is 0.465 e. The minimum absolute atomic E-state index is 0.0912. The number of esters is 1. The lowest BCUT2D eigenvalue weighted by Gasteiger charge is -2.25. The van der Waals surface area contributed by atoms with Gasteiger partial charge in [0.1, 0.15) is 6.54 Å². The lowest BCUT2D eigenvalue weighted by atomic mass is 10.2. The summed E-state index contributed by atoms with van der Waals surface area (Å²) in [6.07, 6.45) is 0. The standard InChI is InChI=1S/C23H22N2O5S/c1-17-8-6-7-11-21(17)25(31(28,29)20-9-4-3-5-10-20)16-22(26)24-19-14-12-18(13-15-19)23(27)30-2/h3-15H,16H2,1-2H3,(H,24,26). The topological polar surface area (TPSA) is 92.8 Å². The Morgan fingerprint density at radius 1 is 0.903 bits per heavy atom. The molecule has 0 radical (unpaired) electrons. The maximum atomic E-state index is 13.3. The predicted molar refractivity (Wildman–Crippen MR) is 119 cm³/mol. The molecule has 0 saturated heterocycles. The molecule has 0 unspecified atom stereocenters. The van der Waals surface area contributed by atoms with E-state index in [1.54, 1.807) is 61.5 Å². The Hall–Kier alpha value is -3.65. The van der Waals surface area contributed by atoms with Crippen LogP contribution >= 0.6 is 0 Å². The number of ether oxygens (including phenoxy) is 1. The zero-order chi connectivity index (χ0) is 22.4. The van der Waals surface area contributed by atoms with Crippen LogP contribution in [0.15, 0.2) is 83.8 Å². The monoisotopic (exact) mass is 438 g/mol. The number of carbonyl (C=O) groups is 2. The van der Waals surface area contributed by atoms with Crippen LogP contribution in [0.1, 0.15) is 15.9 Å². The van der Waals surface area contributed by atoms with E-state index in [9.17, 15) is 18.0 Å². The van der Waals surface area contributed by atoms with Crippen molar-refractivity contribution in [2.45, 2.75) is 11.8 Å². The van der Waals surface area contributed by atoms with Crippen molar-refractivity contribution in [1.29, 1.82) is 0 Å². The summed E-state index contributed by atoms with van der Waals surface area (Å²) in [5, 5.41) is 2.67. The first-order valence-electron chi connectivity index (χ1n) is 9.44. The van der Waals surface area contributed by atoms with Crippen LogP contribution in [0.4, 0.5) is 11.4 Å². The minimum Gasteiger partial charge on any atom is -0.465 e. The second-order valence-electron chi connectivity index (χ2n) is 6.73. The number of benzene rings is 3. The van der Waals surface area contributed by atoms with E-state index in [0.717, 1.165) is 9.87 Å². The number of methoxy groups -OCH3 is 1. The molecule has 0 aliphatic rings. The van der Waals surface area contributed by atoms with Crippen LogP contribution in [0.25, 0.3) is 0 Å². The molecular weight excluding hydrogens is 416 g/mol. The van der Waals surface area contributed by atoms with Crippen LogP contribution < -0.4 is 9.62 Å². The van der Waals surface area contributed by atoms with Crippen LogP contribution in [0.5, 0.6) is 0 Å². The first-order valence-corrected chi connectivity index (χ1v) is 10.9.